The Morgan fingerprint density at radius 3 is 2.73 bits per heavy atom. The number of rotatable bonds is 2. The predicted octanol–water partition coefficient (Wildman–Crippen LogP) is -0.0495. The summed E-state index contributed by atoms with van der Waals surface area (Å²) in [6, 6.07) is -0.503. The number of carbonyl (C=O) groups excluding carboxylic acids is 3. The standard InChI is InChI=1S/C14H18N4O3S/c1-8(19)18-11(13(20)15-2)3-9-4-17(5-12(9)18)14(21)10-6-22-7-16-10/h6-7,9,11-12H,3-5H2,1-2H3,(H,15,20)/t9-,11-,12+/m0/s1. The Balaban J connectivity index is 1.76. The number of hydrogen-bond donors (Lipinski definition) is 1. The van der Waals surface area contributed by atoms with Crippen molar-refractivity contribution in [3.63, 3.8) is 0 Å². The third-order valence-electron chi connectivity index (χ3n) is 4.48. The van der Waals surface area contributed by atoms with E-state index in [-0.39, 0.29) is 29.7 Å². The number of thiazole rings is 1. The van der Waals surface area contributed by atoms with Crippen LogP contribution in [-0.4, -0.2) is 64.7 Å². The van der Waals surface area contributed by atoms with E-state index in [1.54, 1.807) is 27.7 Å². The number of likely N-dealkylation sites (N-methyl/N-ethyl adjacent to an activating group) is 1. The van der Waals surface area contributed by atoms with Gasteiger partial charge in [-0.1, -0.05) is 0 Å². The molecule has 0 bridgehead atoms. The highest BCUT2D eigenvalue weighted by Crippen LogP contribution is 2.36. The maximum Gasteiger partial charge on any atom is 0.273 e. The minimum absolute atomic E-state index is 0.0811. The first-order chi connectivity index (χ1) is 10.5. The van der Waals surface area contributed by atoms with Crippen LogP contribution in [-0.2, 0) is 9.59 Å². The number of aromatic nitrogens is 1. The summed E-state index contributed by atoms with van der Waals surface area (Å²) < 4.78 is 0. The fourth-order valence-corrected chi connectivity index (χ4v) is 4.06. The second-order valence-corrected chi connectivity index (χ2v) is 6.42. The lowest BCUT2D eigenvalue weighted by Crippen LogP contribution is -2.49. The number of likely N-dealkylation sites (tertiary alicyclic amines) is 2. The van der Waals surface area contributed by atoms with E-state index in [1.165, 1.54) is 18.3 Å². The Bertz CT molecular complexity index is 603. The van der Waals surface area contributed by atoms with Crippen LogP contribution in [0.2, 0.25) is 0 Å². The van der Waals surface area contributed by atoms with Crippen LogP contribution < -0.4 is 5.32 Å². The summed E-state index contributed by atoms with van der Waals surface area (Å²) in [5, 5.41) is 4.34. The summed E-state index contributed by atoms with van der Waals surface area (Å²) >= 11 is 1.38. The maximum atomic E-state index is 12.4. The van der Waals surface area contributed by atoms with Crippen LogP contribution in [0.3, 0.4) is 0 Å². The molecule has 0 spiro atoms. The zero-order valence-electron chi connectivity index (χ0n) is 12.5. The molecule has 3 rings (SSSR count). The van der Waals surface area contributed by atoms with Crippen LogP contribution >= 0.6 is 11.3 Å². The molecule has 0 aliphatic carbocycles. The molecule has 0 saturated carbocycles. The van der Waals surface area contributed by atoms with Crippen molar-refractivity contribution in [2.75, 3.05) is 20.1 Å². The number of fused-ring (bicyclic) bond motifs is 1. The van der Waals surface area contributed by atoms with Crippen molar-refractivity contribution >= 4 is 29.1 Å². The van der Waals surface area contributed by atoms with Crippen LogP contribution in [0.5, 0.6) is 0 Å². The second kappa shape index (κ2) is 5.68. The van der Waals surface area contributed by atoms with Gasteiger partial charge in [0.05, 0.1) is 11.6 Å². The number of nitrogens with zero attached hydrogens (tertiary/aromatic N) is 3. The Labute approximate surface area is 132 Å². The topological polar surface area (TPSA) is 82.6 Å². The quantitative estimate of drug-likeness (QED) is 0.828. The summed E-state index contributed by atoms with van der Waals surface area (Å²) in [7, 11) is 1.58. The molecule has 3 amide bonds. The molecule has 2 saturated heterocycles. The Morgan fingerprint density at radius 1 is 1.36 bits per heavy atom. The van der Waals surface area contributed by atoms with Gasteiger partial charge in [0.15, 0.2) is 0 Å². The maximum absolute atomic E-state index is 12.4. The fraction of sp³-hybridized carbons (Fsp3) is 0.571. The molecular weight excluding hydrogens is 304 g/mol. The average molecular weight is 322 g/mol. The van der Waals surface area contributed by atoms with Crippen molar-refractivity contribution in [2.45, 2.75) is 25.4 Å². The summed E-state index contributed by atoms with van der Waals surface area (Å²) in [4.78, 5) is 43.7. The molecule has 22 heavy (non-hydrogen) atoms. The molecule has 7 nitrogen and oxygen atoms in total. The third kappa shape index (κ3) is 2.37. The second-order valence-electron chi connectivity index (χ2n) is 5.70. The van der Waals surface area contributed by atoms with Gasteiger partial charge in [0.2, 0.25) is 11.8 Å². The van der Waals surface area contributed by atoms with Crippen molar-refractivity contribution in [3.05, 3.63) is 16.6 Å². The van der Waals surface area contributed by atoms with Gasteiger partial charge in [0.25, 0.3) is 5.91 Å². The van der Waals surface area contributed by atoms with Gasteiger partial charge < -0.3 is 15.1 Å². The van der Waals surface area contributed by atoms with Gasteiger partial charge in [0.1, 0.15) is 11.7 Å². The molecule has 1 aromatic heterocycles. The van der Waals surface area contributed by atoms with E-state index in [0.717, 1.165) is 0 Å². The lowest BCUT2D eigenvalue weighted by atomic mass is 10.0. The molecule has 8 heteroatoms. The van der Waals surface area contributed by atoms with Gasteiger partial charge in [-0.3, -0.25) is 14.4 Å². The zero-order chi connectivity index (χ0) is 15.9. The SMILES string of the molecule is CNC(=O)[C@@H]1C[C@H]2CN(C(=O)c3cscn3)C[C@H]2N1C(C)=O. The molecule has 1 aromatic rings. The van der Waals surface area contributed by atoms with Crippen molar-refractivity contribution in [2.24, 2.45) is 5.92 Å². The van der Waals surface area contributed by atoms with E-state index in [0.29, 0.717) is 25.2 Å². The average Bonchev–Trinajstić information content (AvgIpc) is 3.19. The van der Waals surface area contributed by atoms with Crippen molar-refractivity contribution < 1.29 is 14.4 Å². The highest BCUT2D eigenvalue weighted by atomic mass is 32.1. The normalized spacial score (nSPS) is 26.9. The smallest absolute Gasteiger partial charge is 0.273 e. The first-order valence-corrected chi connectivity index (χ1v) is 8.15. The van der Waals surface area contributed by atoms with E-state index in [4.69, 9.17) is 0 Å². The van der Waals surface area contributed by atoms with Crippen molar-refractivity contribution in [3.8, 4) is 0 Å². The van der Waals surface area contributed by atoms with Crippen LogP contribution in [0.4, 0.5) is 0 Å². The van der Waals surface area contributed by atoms with E-state index in [1.807, 2.05) is 0 Å². The molecule has 1 N–H and O–H groups in total. The van der Waals surface area contributed by atoms with Gasteiger partial charge in [-0.05, 0) is 6.42 Å². The highest BCUT2D eigenvalue weighted by molar-refractivity contribution is 7.07. The van der Waals surface area contributed by atoms with Crippen LogP contribution in [0, 0.1) is 5.92 Å². The summed E-state index contributed by atoms with van der Waals surface area (Å²) in [6.45, 7) is 2.51. The van der Waals surface area contributed by atoms with Gasteiger partial charge in [-0.25, -0.2) is 4.98 Å². The van der Waals surface area contributed by atoms with Crippen LogP contribution in [0.25, 0.3) is 0 Å². The molecule has 2 fully saturated rings. The molecule has 0 radical (unpaired) electrons. The van der Waals surface area contributed by atoms with Gasteiger partial charge >= 0.3 is 0 Å². The van der Waals surface area contributed by atoms with Crippen molar-refractivity contribution in [1.29, 1.82) is 0 Å². The zero-order valence-corrected chi connectivity index (χ0v) is 13.3. The largest absolute Gasteiger partial charge is 0.357 e. The summed E-state index contributed by atoms with van der Waals surface area (Å²) in [5.41, 5.74) is 2.08. The Morgan fingerprint density at radius 2 is 2.14 bits per heavy atom. The lowest BCUT2D eigenvalue weighted by molar-refractivity contribution is -0.138. The van der Waals surface area contributed by atoms with E-state index in [2.05, 4.69) is 10.3 Å². The number of amides is 3. The molecule has 0 aromatic carbocycles. The monoisotopic (exact) mass is 322 g/mol. The molecule has 2 aliphatic rings. The van der Waals surface area contributed by atoms with E-state index in [9.17, 15) is 14.4 Å². The van der Waals surface area contributed by atoms with E-state index < -0.39 is 6.04 Å². The Kier molecular flexibility index (Phi) is 3.86. The first kappa shape index (κ1) is 15.0. The molecule has 3 heterocycles. The van der Waals surface area contributed by atoms with Crippen LogP contribution in [0.1, 0.15) is 23.8 Å². The minimum Gasteiger partial charge on any atom is -0.357 e. The van der Waals surface area contributed by atoms with Gasteiger partial charge in [-0.15, -0.1) is 11.3 Å². The molecular formula is C14H18N4O3S. The van der Waals surface area contributed by atoms with Gasteiger partial charge in [-0.2, -0.15) is 0 Å². The molecule has 118 valence electrons. The molecule has 3 atom stereocenters. The molecule has 0 unspecified atom stereocenters. The number of carbonyl (C=O) groups is 3. The lowest BCUT2D eigenvalue weighted by Gasteiger charge is -2.28. The third-order valence-corrected chi connectivity index (χ3v) is 5.06. The number of nitrogens with one attached hydrogen (secondary N) is 1. The molecule has 2 aliphatic heterocycles. The van der Waals surface area contributed by atoms with E-state index >= 15 is 0 Å². The first-order valence-electron chi connectivity index (χ1n) is 7.21. The summed E-state index contributed by atoms with van der Waals surface area (Å²) in [5.74, 6) is -0.213. The number of hydrogen-bond acceptors (Lipinski definition) is 5. The predicted molar refractivity (Wildman–Crippen MR) is 80.3 cm³/mol. The highest BCUT2D eigenvalue weighted by Gasteiger charge is 2.50. The van der Waals surface area contributed by atoms with Crippen LogP contribution in [0.15, 0.2) is 10.9 Å². The minimum atomic E-state index is -0.422. The van der Waals surface area contributed by atoms with Gasteiger partial charge in [0, 0.05) is 38.4 Å². The van der Waals surface area contributed by atoms with Crippen molar-refractivity contribution in [1.82, 2.24) is 20.1 Å². The summed E-state index contributed by atoms with van der Waals surface area (Å²) in [6.07, 6.45) is 0.602. The Hall–Kier alpha value is -1.96. The fourth-order valence-electron chi connectivity index (χ4n) is 3.53.